The number of guanidine groups is 1. The minimum absolute atomic E-state index is 0.197. The quantitative estimate of drug-likeness (QED) is 0.510. The van der Waals surface area contributed by atoms with E-state index in [1.165, 1.54) is 0 Å². The molecular formula is C11H11N3O. The lowest BCUT2D eigenvalue weighted by Crippen LogP contribution is -2.24. The van der Waals surface area contributed by atoms with Crippen molar-refractivity contribution in [2.75, 3.05) is 0 Å². The summed E-state index contributed by atoms with van der Waals surface area (Å²) in [7, 11) is 0. The van der Waals surface area contributed by atoms with Crippen LogP contribution in [0.4, 0.5) is 0 Å². The number of aliphatic imine (C=N–C) groups is 1. The highest BCUT2D eigenvalue weighted by Crippen LogP contribution is 2.25. The van der Waals surface area contributed by atoms with Gasteiger partial charge < -0.3 is 11.5 Å². The molecule has 0 aliphatic heterocycles. The Bertz CT molecular complexity index is 470. The van der Waals surface area contributed by atoms with Crippen LogP contribution in [0, 0.1) is 0 Å². The van der Waals surface area contributed by atoms with Crippen molar-refractivity contribution in [2.45, 2.75) is 6.42 Å². The Kier molecular flexibility index (Phi) is 2.25. The molecule has 2 rings (SSSR count). The van der Waals surface area contributed by atoms with Crippen LogP contribution in [-0.4, -0.2) is 11.9 Å². The van der Waals surface area contributed by atoms with Gasteiger partial charge in [-0.2, -0.15) is 4.99 Å². The van der Waals surface area contributed by atoms with Crippen LogP contribution in [0.25, 0.3) is 6.08 Å². The van der Waals surface area contributed by atoms with Gasteiger partial charge in [-0.3, -0.25) is 4.79 Å². The van der Waals surface area contributed by atoms with Gasteiger partial charge in [0.2, 0.25) is 0 Å². The van der Waals surface area contributed by atoms with Crippen LogP contribution in [-0.2, 0) is 11.2 Å². The number of carbonyl (C=O) groups is 1. The number of fused-ring (bicyclic) bond motifs is 1. The van der Waals surface area contributed by atoms with Gasteiger partial charge in [-0.15, -0.1) is 0 Å². The highest BCUT2D eigenvalue weighted by atomic mass is 16.1. The summed E-state index contributed by atoms with van der Waals surface area (Å²) in [6.45, 7) is 0. The lowest BCUT2D eigenvalue weighted by Gasteiger charge is -1.96. The van der Waals surface area contributed by atoms with Crippen molar-refractivity contribution in [1.29, 1.82) is 0 Å². The summed E-state index contributed by atoms with van der Waals surface area (Å²) in [5, 5.41) is 0. The molecule has 0 saturated heterocycles. The molecule has 15 heavy (non-hydrogen) atoms. The molecule has 1 aromatic rings. The largest absolute Gasteiger partial charge is 0.370 e. The Morgan fingerprint density at radius 2 is 2.00 bits per heavy atom. The van der Waals surface area contributed by atoms with Gasteiger partial charge in [-0.05, 0) is 17.2 Å². The number of amides is 1. The van der Waals surface area contributed by atoms with Gasteiger partial charge in [0.1, 0.15) is 0 Å². The fourth-order valence-corrected chi connectivity index (χ4v) is 1.61. The van der Waals surface area contributed by atoms with Crippen molar-refractivity contribution in [3.63, 3.8) is 0 Å². The molecule has 1 amide bonds. The predicted octanol–water partition coefficient (Wildman–Crippen LogP) is 0.426. The van der Waals surface area contributed by atoms with Crippen LogP contribution in [0.15, 0.2) is 34.8 Å². The summed E-state index contributed by atoms with van der Waals surface area (Å²) in [5.74, 6) is -0.553. The van der Waals surface area contributed by atoms with Crippen LogP contribution in [0.1, 0.15) is 11.1 Å². The third kappa shape index (κ3) is 1.88. The number of nitrogens with two attached hydrogens (primary N) is 2. The minimum Gasteiger partial charge on any atom is -0.370 e. The van der Waals surface area contributed by atoms with Crippen molar-refractivity contribution in [2.24, 2.45) is 16.5 Å². The van der Waals surface area contributed by atoms with E-state index in [0.717, 1.165) is 11.1 Å². The molecular weight excluding hydrogens is 190 g/mol. The fraction of sp³-hybridized carbons (Fsp3) is 0.0909. The van der Waals surface area contributed by atoms with E-state index in [1.807, 2.05) is 30.3 Å². The molecule has 0 atom stereocenters. The molecule has 1 aliphatic carbocycles. The molecule has 1 aliphatic rings. The number of nitrogens with zero attached hydrogens (tertiary/aromatic N) is 1. The molecule has 0 bridgehead atoms. The van der Waals surface area contributed by atoms with E-state index in [2.05, 4.69) is 4.99 Å². The zero-order chi connectivity index (χ0) is 10.8. The average molecular weight is 201 g/mol. The van der Waals surface area contributed by atoms with E-state index < -0.39 is 0 Å². The van der Waals surface area contributed by atoms with E-state index in [1.54, 1.807) is 0 Å². The maximum absolute atomic E-state index is 11.5. The molecule has 0 radical (unpaired) electrons. The lowest BCUT2D eigenvalue weighted by molar-refractivity contribution is -0.114. The summed E-state index contributed by atoms with van der Waals surface area (Å²) in [6.07, 6.45) is 2.43. The first-order chi connectivity index (χ1) is 7.16. The molecule has 0 saturated carbocycles. The van der Waals surface area contributed by atoms with E-state index >= 15 is 0 Å². The summed E-state index contributed by atoms with van der Waals surface area (Å²) in [5.41, 5.74) is 13.1. The van der Waals surface area contributed by atoms with Crippen LogP contribution in [0.3, 0.4) is 0 Å². The van der Waals surface area contributed by atoms with Gasteiger partial charge in [-0.1, -0.05) is 24.3 Å². The number of hydrogen-bond donors (Lipinski definition) is 2. The van der Waals surface area contributed by atoms with Gasteiger partial charge in [0.05, 0.1) is 0 Å². The van der Waals surface area contributed by atoms with Crippen LogP contribution >= 0.6 is 0 Å². The predicted molar refractivity (Wildman–Crippen MR) is 58.9 cm³/mol. The molecule has 1 aromatic carbocycles. The molecule has 4 heteroatoms. The van der Waals surface area contributed by atoms with E-state index in [4.69, 9.17) is 11.5 Å². The molecule has 4 N–H and O–H groups in total. The standard InChI is InChI=1S/C11H11N3O/c12-11(13)14-10(15)9-5-7-3-1-2-4-8(7)6-9/h1-5H,6H2,(H4,12,13,14,15). The van der Waals surface area contributed by atoms with Crippen molar-refractivity contribution in [3.8, 4) is 0 Å². The first kappa shape index (κ1) is 9.45. The van der Waals surface area contributed by atoms with E-state index in [0.29, 0.717) is 12.0 Å². The van der Waals surface area contributed by atoms with Crippen LogP contribution in [0.5, 0.6) is 0 Å². The van der Waals surface area contributed by atoms with E-state index in [9.17, 15) is 4.79 Å². The Hall–Kier alpha value is -2.10. The SMILES string of the molecule is NC(N)=NC(=O)C1=Cc2ccccc2C1. The third-order valence-corrected chi connectivity index (χ3v) is 2.27. The maximum Gasteiger partial charge on any atom is 0.276 e. The number of carbonyl (C=O) groups excluding carboxylic acids is 1. The van der Waals surface area contributed by atoms with Crippen molar-refractivity contribution < 1.29 is 4.79 Å². The molecule has 0 spiro atoms. The fourth-order valence-electron chi connectivity index (χ4n) is 1.61. The molecule has 4 nitrogen and oxygen atoms in total. The Morgan fingerprint density at radius 1 is 1.27 bits per heavy atom. The summed E-state index contributed by atoms with van der Waals surface area (Å²) in [6, 6.07) is 7.83. The number of hydrogen-bond acceptors (Lipinski definition) is 1. The third-order valence-electron chi connectivity index (χ3n) is 2.27. The first-order valence-electron chi connectivity index (χ1n) is 4.59. The summed E-state index contributed by atoms with van der Waals surface area (Å²) < 4.78 is 0. The molecule has 0 aromatic heterocycles. The number of benzene rings is 1. The average Bonchev–Trinajstić information content (AvgIpc) is 2.59. The molecule has 76 valence electrons. The van der Waals surface area contributed by atoms with Gasteiger partial charge in [-0.25, -0.2) is 0 Å². The molecule has 0 heterocycles. The van der Waals surface area contributed by atoms with Crippen LogP contribution < -0.4 is 11.5 Å². The molecule has 0 fully saturated rings. The van der Waals surface area contributed by atoms with E-state index in [-0.39, 0.29) is 11.9 Å². The van der Waals surface area contributed by atoms with Gasteiger partial charge >= 0.3 is 0 Å². The Morgan fingerprint density at radius 3 is 2.67 bits per heavy atom. The highest BCUT2D eigenvalue weighted by molar-refractivity contribution is 6.05. The van der Waals surface area contributed by atoms with Crippen LogP contribution in [0.2, 0.25) is 0 Å². The zero-order valence-electron chi connectivity index (χ0n) is 8.10. The zero-order valence-corrected chi connectivity index (χ0v) is 8.10. The second-order valence-corrected chi connectivity index (χ2v) is 3.39. The Balaban J connectivity index is 2.25. The second kappa shape index (κ2) is 3.57. The lowest BCUT2D eigenvalue weighted by atomic mass is 10.1. The minimum atomic E-state index is -0.355. The maximum atomic E-state index is 11.5. The smallest absolute Gasteiger partial charge is 0.276 e. The van der Waals surface area contributed by atoms with Gasteiger partial charge in [0.15, 0.2) is 5.96 Å². The summed E-state index contributed by atoms with van der Waals surface area (Å²) >= 11 is 0. The van der Waals surface area contributed by atoms with Gasteiger partial charge in [0, 0.05) is 12.0 Å². The summed E-state index contributed by atoms with van der Waals surface area (Å²) in [4.78, 5) is 15.0. The van der Waals surface area contributed by atoms with Gasteiger partial charge in [0.25, 0.3) is 5.91 Å². The molecule has 0 unspecified atom stereocenters. The second-order valence-electron chi connectivity index (χ2n) is 3.39. The van der Waals surface area contributed by atoms with Crippen molar-refractivity contribution in [3.05, 3.63) is 41.0 Å². The normalized spacial score (nSPS) is 12.9. The first-order valence-corrected chi connectivity index (χ1v) is 4.59. The van der Waals surface area contributed by atoms with Crippen molar-refractivity contribution in [1.82, 2.24) is 0 Å². The number of rotatable bonds is 1. The van der Waals surface area contributed by atoms with Crippen molar-refractivity contribution >= 4 is 17.9 Å². The monoisotopic (exact) mass is 201 g/mol. The highest BCUT2D eigenvalue weighted by Gasteiger charge is 2.17. The Labute approximate surface area is 87.3 Å². The topological polar surface area (TPSA) is 81.5 Å².